The second-order valence-electron chi connectivity index (χ2n) is 5.76. The van der Waals surface area contributed by atoms with Crippen molar-refractivity contribution in [2.24, 2.45) is 5.73 Å². The lowest BCUT2D eigenvalue weighted by molar-refractivity contribution is 0.328. The zero-order valence-corrected chi connectivity index (χ0v) is 14.5. The van der Waals surface area contributed by atoms with E-state index < -0.39 is 0 Å². The molecule has 1 fully saturated rings. The van der Waals surface area contributed by atoms with Crippen LogP contribution in [0.25, 0.3) is 0 Å². The molecule has 0 bridgehead atoms. The van der Waals surface area contributed by atoms with Crippen molar-refractivity contribution in [2.75, 3.05) is 37.3 Å². The van der Waals surface area contributed by atoms with Crippen molar-refractivity contribution in [1.82, 2.24) is 4.90 Å². The number of benzene rings is 1. The van der Waals surface area contributed by atoms with Gasteiger partial charge in [-0.05, 0) is 44.3 Å². The zero-order valence-electron chi connectivity index (χ0n) is 13.6. The first-order chi connectivity index (χ1) is 10.2. The van der Waals surface area contributed by atoms with Crippen LogP contribution in [0.4, 0.5) is 5.69 Å². The number of nitrogens with two attached hydrogens (primary N) is 1. The van der Waals surface area contributed by atoms with E-state index in [9.17, 15) is 0 Å². The second-order valence-corrected chi connectivity index (χ2v) is 7.07. The number of rotatable bonds is 5. The Hall–Kier alpha value is -0.710. The summed E-state index contributed by atoms with van der Waals surface area (Å²) < 4.78 is 0. The Morgan fingerprint density at radius 2 is 2.10 bits per heavy atom. The largest absolute Gasteiger partial charge is 0.367 e. The van der Waals surface area contributed by atoms with Crippen LogP contribution in [0.3, 0.4) is 0 Å². The number of hydrogen-bond acceptors (Lipinski definition) is 4. The van der Waals surface area contributed by atoms with Crippen LogP contribution in [-0.4, -0.2) is 43.4 Å². The van der Waals surface area contributed by atoms with Crippen molar-refractivity contribution in [2.45, 2.75) is 44.2 Å². The van der Waals surface area contributed by atoms with E-state index >= 15 is 0 Å². The van der Waals surface area contributed by atoms with Gasteiger partial charge in [0, 0.05) is 41.8 Å². The first-order valence-electron chi connectivity index (χ1n) is 8.11. The minimum Gasteiger partial charge on any atom is -0.367 e. The van der Waals surface area contributed by atoms with Gasteiger partial charge >= 0.3 is 0 Å². The SMILES string of the molecule is CCSc1cccc(N2CCCN(C)CC2CC)c1CN. The van der Waals surface area contributed by atoms with E-state index in [0.29, 0.717) is 12.6 Å². The van der Waals surface area contributed by atoms with Gasteiger partial charge in [0.15, 0.2) is 0 Å². The summed E-state index contributed by atoms with van der Waals surface area (Å²) in [6, 6.07) is 7.25. The molecule has 2 N–H and O–H groups in total. The van der Waals surface area contributed by atoms with Crippen molar-refractivity contribution in [1.29, 1.82) is 0 Å². The standard InChI is InChI=1S/C17H29N3S/c1-4-14-13-19(3)10-7-11-20(14)16-8-6-9-17(21-5-2)15(16)12-18/h6,8-9,14H,4-5,7,10-13,18H2,1-3H3. The highest BCUT2D eigenvalue weighted by Crippen LogP contribution is 2.32. The average Bonchev–Trinajstić information content (AvgIpc) is 2.68. The fourth-order valence-electron chi connectivity index (χ4n) is 3.23. The molecule has 1 aromatic carbocycles. The van der Waals surface area contributed by atoms with Gasteiger partial charge in [0.25, 0.3) is 0 Å². The fraction of sp³-hybridized carbons (Fsp3) is 0.647. The molecule has 0 radical (unpaired) electrons. The third-order valence-electron chi connectivity index (χ3n) is 4.30. The molecule has 1 unspecified atom stereocenters. The van der Waals surface area contributed by atoms with Crippen LogP contribution >= 0.6 is 11.8 Å². The van der Waals surface area contributed by atoms with E-state index in [1.165, 1.54) is 35.5 Å². The highest BCUT2D eigenvalue weighted by Gasteiger charge is 2.24. The van der Waals surface area contributed by atoms with E-state index in [2.05, 4.69) is 48.9 Å². The fourth-order valence-corrected chi connectivity index (χ4v) is 4.08. The summed E-state index contributed by atoms with van der Waals surface area (Å²) in [5.74, 6) is 1.09. The summed E-state index contributed by atoms with van der Waals surface area (Å²) in [6.45, 7) is 8.59. The lowest BCUT2D eigenvalue weighted by atomic mass is 10.1. The van der Waals surface area contributed by atoms with Gasteiger partial charge in [-0.25, -0.2) is 0 Å². The highest BCUT2D eigenvalue weighted by atomic mass is 32.2. The molecule has 0 aromatic heterocycles. The number of anilines is 1. The second kappa shape index (κ2) is 8.06. The molecule has 0 saturated carbocycles. The van der Waals surface area contributed by atoms with Crippen LogP contribution < -0.4 is 10.6 Å². The number of likely N-dealkylation sites (N-methyl/N-ethyl adjacent to an activating group) is 1. The summed E-state index contributed by atoms with van der Waals surface area (Å²) in [7, 11) is 2.24. The third-order valence-corrected chi connectivity index (χ3v) is 5.28. The maximum atomic E-state index is 6.09. The monoisotopic (exact) mass is 307 g/mol. The van der Waals surface area contributed by atoms with E-state index in [1.54, 1.807) is 0 Å². The molecule has 0 spiro atoms. The molecular formula is C17H29N3S. The van der Waals surface area contributed by atoms with Crippen LogP contribution in [0.5, 0.6) is 0 Å². The van der Waals surface area contributed by atoms with Gasteiger partial charge in [-0.3, -0.25) is 0 Å². The quantitative estimate of drug-likeness (QED) is 0.847. The Morgan fingerprint density at radius 1 is 1.29 bits per heavy atom. The van der Waals surface area contributed by atoms with Crippen LogP contribution in [0.15, 0.2) is 23.1 Å². The Kier molecular flexibility index (Phi) is 6.40. The number of thioether (sulfide) groups is 1. The number of hydrogen-bond donors (Lipinski definition) is 1. The molecule has 4 heteroatoms. The maximum absolute atomic E-state index is 6.09. The van der Waals surface area contributed by atoms with Gasteiger partial charge in [-0.2, -0.15) is 0 Å². The molecule has 0 aliphatic carbocycles. The first kappa shape index (κ1) is 16.7. The van der Waals surface area contributed by atoms with Crippen molar-refractivity contribution in [3.8, 4) is 0 Å². The van der Waals surface area contributed by atoms with Crippen LogP contribution in [0.1, 0.15) is 32.3 Å². The summed E-state index contributed by atoms with van der Waals surface area (Å²) in [5, 5.41) is 0. The van der Waals surface area contributed by atoms with Gasteiger partial charge in [0.2, 0.25) is 0 Å². The molecule has 3 nitrogen and oxygen atoms in total. The first-order valence-corrected chi connectivity index (χ1v) is 9.09. The average molecular weight is 308 g/mol. The molecule has 1 saturated heterocycles. The molecular weight excluding hydrogens is 278 g/mol. The van der Waals surface area contributed by atoms with Crippen LogP contribution in [0, 0.1) is 0 Å². The van der Waals surface area contributed by atoms with Crippen molar-refractivity contribution in [3.05, 3.63) is 23.8 Å². The minimum absolute atomic E-state index is 0.588. The summed E-state index contributed by atoms with van der Waals surface area (Å²) in [5.41, 5.74) is 8.78. The molecule has 0 amide bonds. The normalized spacial score (nSPS) is 20.6. The molecule has 21 heavy (non-hydrogen) atoms. The van der Waals surface area contributed by atoms with E-state index in [4.69, 9.17) is 5.73 Å². The summed E-state index contributed by atoms with van der Waals surface area (Å²) in [6.07, 6.45) is 2.40. The zero-order chi connectivity index (χ0) is 15.2. The van der Waals surface area contributed by atoms with Gasteiger partial charge in [-0.15, -0.1) is 11.8 Å². The lowest BCUT2D eigenvalue weighted by Crippen LogP contribution is -2.40. The Balaban J connectivity index is 2.36. The Bertz CT molecular complexity index is 450. The summed E-state index contributed by atoms with van der Waals surface area (Å²) >= 11 is 1.90. The molecule has 1 aliphatic heterocycles. The number of nitrogens with zero attached hydrogens (tertiary/aromatic N) is 2. The van der Waals surface area contributed by atoms with E-state index in [0.717, 1.165) is 18.8 Å². The van der Waals surface area contributed by atoms with Gasteiger partial charge in [0.1, 0.15) is 0 Å². The van der Waals surface area contributed by atoms with E-state index in [-0.39, 0.29) is 0 Å². The predicted octanol–water partition coefficient (Wildman–Crippen LogP) is 3.18. The molecule has 1 aliphatic rings. The topological polar surface area (TPSA) is 32.5 Å². The van der Waals surface area contributed by atoms with E-state index in [1.807, 2.05) is 11.8 Å². The highest BCUT2D eigenvalue weighted by molar-refractivity contribution is 7.99. The van der Waals surface area contributed by atoms with Crippen LogP contribution in [-0.2, 0) is 6.54 Å². The molecule has 1 heterocycles. The Morgan fingerprint density at radius 3 is 2.76 bits per heavy atom. The molecule has 1 aromatic rings. The van der Waals surface area contributed by atoms with Gasteiger partial charge in [-0.1, -0.05) is 19.9 Å². The third kappa shape index (κ3) is 3.93. The summed E-state index contributed by atoms with van der Waals surface area (Å²) in [4.78, 5) is 6.41. The van der Waals surface area contributed by atoms with Gasteiger partial charge in [0.05, 0.1) is 0 Å². The maximum Gasteiger partial charge on any atom is 0.0426 e. The van der Waals surface area contributed by atoms with Crippen molar-refractivity contribution >= 4 is 17.4 Å². The molecule has 2 rings (SSSR count). The Labute approximate surface area is 133 Å². The minimum atomic E-state index is 0.588. The molecule has 118 valence electrons. The van der Waals surface area contributed by atoms with Crippen molar-refractivity contribution in [3.63, 3.8) is 0 Å². The van der Waals surface area contributed by atoms with Crippen LogP contribution in [0.2, 0.25) is 0 Å². The molecule has 1 atom stereocenters. The van der Waals surface area contributed by atoms with Gasteiger partial charge < -0.3 is 15.5 Å². The lowest BCUT2D eigenvalue weighted by Gasteiger charge is -2.34. The van der Waals surface area contributed by atoms with Crippen molar-refractivity contribution < 1.29 is 0 Å². The smallest absolute Gasteiger partial charge is 0.0426 e. The predicted molar refractivity (Wildman–Crippen MR) is 94.3 cm³/mol.